The van der Waals surface area contributed by atoms with E-state index in [4.69, 9.17) is 11.5 Å². The van der Waals surface area contributed by atoms with Gasteiger partial charge in [-0.1, -0.05) is 0 Å². The van der Waals surface area contributed by atoms with Crippen molar-refractivity contribution in [2.75, 3.05) is 13.7 Å². The van der Waals surface area contributed by atoms with Gasteiger partial charge in [-0.3, -0.25) is 4.79 Å². The van der Waals surface area contributed by atoms with Crippen LogP contribution in [0.5, 0.6) is 0 Å². The fourth-order valence-corrected chi connectivity index (χ4v) is 0.262. The molecule has 0 heterocycles. The molecule has 0 fully saturated rings. The molecule has 0 saturated heterocycles. The minimum Gasteiger partial charge on any atom is -0.383 e. The molecule has 0 aromatic carbocycles. The average molecular weight is 155 g/mol. The maximum Gasteiger partial charge on any atom is 0.236 e. The van der Waals surface area contributed by atoms with Crippen molar-refractivity contribution in [1.29, 1.82) is 0 Å². The Morgan fingerprint density at radius 3 is 2.33 bits per heavy atom. The Morgan fingerprint density at radius 2 is 2.22 bits per heavy atom. The Morgan fingerprint density at radius 1 is 1.78 bits per heavy atom. The summed E-state index contributed by atoms with van der Waals surface area (Å²) >= 11 is 0. The summed E-state index contributed by atoms with van der Waals surface area (Å²) in [5, 5.41) is 0. The van der Waals surface area contributed by atoms with Gasteiger partial charge in [-0.05, 0) is 0 Å². The second-order valence-electron chi connectivity index (χ2n) is 1.46. The molecule has 0 aromatic rings. The van der Waals surface area contributed by atoms with Crippen LogP contribution in [0.1, 0.15) is 0 Å². The van der Waals surface area contributed by atoms with Gasteiger partial charge in [-0.2, -0.15) is 0 Å². The molecule has 0 aromatic heterocycles. The monoisotopic (exact) mass is 154 g/mol. The van der Waals surface area contributed by atoms with Gasteiger partial charge in [0, 0.05) is 7.11 Å². The van der Waals surface area contributed by atoms with E-state index in [1.54, 1.807) is 0 Å². The molecule has 0 rings (SSSR count). The first kappa shape index (κ1) is 11.5. The molecule has 1 atom stereocenters. The number of hydrogen-bond acceptors (Lipinski definition) is 3. The van der Waals surface area contributed by atoms with E-state index >= 15 is 0 Å². The van der Waals surface area contributed by atoms with Crippen molar-refractivity contribution in [3.8, 4) is 0 Å². The van der Waals surface area contributed by atoms with Crippen LogP contribution < -0.4 is 11.5 Å². The normalized spacial score (nSPS) is 11.8. The highest BCUT2D eigenvalue weighted by Gasteiger charge is 2.06. The summed E-state index contributed by atoms with van der Waals surface area (Å²) in [6, 6.07) is -0.667. The molecule has 0 radical (unpaired) electrons. The number of carbonyl (C=O) groups excluding carboxylic acids is 1. The molecule has 0 bridgehead atoms. The van der Waals surface area contributed by atoms with Crippen molar-refractivity contribution in [3.63, 3.8) is 0 Å². The Balaban J connectivity index is 0. The quantitative estimate of drug-likeness (QED) is 0.540. The van der Waals surface area contributed by atoms with Gasteiger partial charge in [0.15, 0.2) is 0 Å². The lowest BCUT2D eigenvalue weighted by atomic mass is 10.3. The van der Waals surface area contributed by atoms with Crippen LogP contribution in [0.25, 0.3) is 0 Å². The number of hydrogen-bond donors (Lipinski definition) is 2. The van der Waals surface area contributed by atoms with E-state index in [2.05, 4.69) is 4.74 Å². The van der Waals surface area contributed by atoms with Crippen molar-refractivity contribution in [2.45, 2.75) is 6.04 Å². The van der Waals surface area contributed by atoms with E-state index in [1.165, 1.54) is 7.11 Å². The van der Waals surface area contributed by atoms with E-state index in [0.717, 1.165) is 0 Å². The fraction of sp³-hybridized carbons (Fsp3) is 0.750. The van der Waals surface area contributed by atoms with Crippen LogP contribution in [-0.4, -0.2) is 25.7 Å². The zero-order valence-corrected chi connectivity index (χ0v) is 5.98. The van der Waals surface area contributed by atoms with E-state index in [0.29, 0.717) is 0 Å². The summed E-state index contributed by atoms with van der Waals surface area (Å²) in [5.74, 6) is -0.535. The van der Waals surface area contributed by atoms with Gasteiger partial charge in [0.05, 0.1) is 6.61 Å². The van der Waals surface area contributed by atoms with Crippen LogP contribution >= 0.6 is 12.4 Å². The number of methoxy groups -OCH3 is 1. The first-order chi connectivity index (χ1) is 3.68. The van der Waals surface area contributed by atoms with Gasteiger partial charge in [-0.15, -0.1) is 12.4 Å². The first-order valence-corrected chi connectivity index (χ1v) is 2.22. The Bertz CT molecular complexity index is 88.6. The molecule has 0 aliphatic rings. The summed E-state index contributed by atoms with van der Waals surface area (Å²) < 4.78 is 4.54. The number of amides is 1. The van der Waals surface area contributed by atoms with Gasteiger partial charge in [0.1, 0.15) is 6.04 Å². The largest absolute Gasteiger partial charge is 0.383 e. The number of nitrogens with two attached hydrogens (primary N) is 2. The summed E-state index contributed by atoms with van der Waals surface area (Å²) in [6.45, 7) is 0.190. The third-order valence-electron chi connectivity index (χ3n) is 0.712. The van der Waals surface area contributed by atoms with Crippen molar-refractivity contribution >= 4 is 18.3 Å². The van der Waals surface area contributed by atoms with E-state index < -0.39 is 11.9 Å². The van der Waals surface area contributed by atoms with Gasteiger partial charge >= 0.3 is 0 Å². The zero-order chi connectivity index (χ0) is 6.57. The third kappa shape index (κ3) is 5.55. The third-order valence-corrected chi connectivity index (χ3v) is 0.712. The number of primary amides is 1. The Hall–Kier alpha value is -0.320. The van der Waals surface area contributed by atoms with Gasteiger partial charge in [0.2, 0.25) is 5.91 Å². The number of ether oxygens (including phenoxy) is 1. The topological polar surface area (TPSA) is 78.3 Å². The van der Waals surface area contributed by atoms with Crippen molar-refractivity contribution in [1.82, 2.24) is 0 Å². The van der Waals surface area contributed by atoms with E-state index in [-0.39, 0.29) is 19.0 Å². The standard InChI is InChI=1S/C4H10N2O2.ClH/c1-8-2-3(5)4(6)7;/h3H,2,5H2,1H3,(H2,6,7);1H/t3-;/m1./s1. The van der Waals surface area contributed by atoms with E-state index in [9.17, 15) is 4.79 Å². The van der Waals surface area contributed by atoms with Crippen molar-refractivity contribution in [3.05, 3.63) is 0 Å². The predicted octanol–water partition coefficient (Wildman–Crippen LogP) is -1.13. The van der Waals surface area contributed by atoms with Crippen LogP contribution in [0.4, 0.5) is 0 Å². The van der Waals surface area contributed by atoms with Gasteiger partial charge in [0.25, 0.3) is 0 Å². The van der Waals surface area contributed by atoms with Crippen LogP contribution in [0.15, 0.2) is 0 Å². The van der Waals surface area contributed by atoms with Crippen molar-refractivity contribution in [2.24, 2.45) is 11.5 Å². The second-order valence-corrected chi connectivity index (χ2v) is 1.46. The molecule has 0 spiro atoms. The number of rotatable bonds is 3. The molecule has 1 amide bonds. The fourth-order valence-electron chi connectivity index (χ4n) is 0.262. The smallest absolute Gasteiger partial charge is 0.236 e. The molecule has 56 valence electrons. The second kappa shape index (κ2) is 5.81. The zero-order valence-electron chi connectivity index (χ0n) is 5.16. The number of halogens is 1. The lowest BCUT2D eigenvalue weighted by molar-refractivity contribution is -0.120. The number of carbonyl (C=O) groups is 1. The molecule has 0 unspecified atom stereocenters. The molecule has 4 nitrogen and oxygen atoms in total. The first-order valence-electron chi connectivity index (χ1n) is 2.22. The molecule has 0 saturated carbocycles. The predicted molar refractivity (Wildman–Crippen MR) is 36.3 cm³/mol. The van der Waals surface area contributed by atoms with Crippen LogP contribution in [-0.2, 0) is 9.53 Å². The van der Waals surface area contributed by atoms with E-state index in [1.807, 2.05) is 0 Å². The minimum atomic E-state index is -0.667. The summed E-state index contributed by atoms with van der Waals surface area (Å²) in [7, 11) is 1.46. The molecule has 4 N–H and O–H groups in total. The SMILES string of the molecule is COC[C@@H](N)C(N)=O.Cl. The van der Waals surface area contributed by atoms with Crippen LogP contribution in [0.2, 0.25) is 0 Å². The van der Waals surface area contributed by atoms with Crippen LogP contribution in [0.3, 0.4) is 0 Å². The average Bonchev–Trinajstić information content (AvgIpc) is 1.67. The highest BCUT2D eigenvalue weighted by atomic mass is 35.5. The summed E-state index contributed by atoms with van der Waals surface area (Å²) in [6.07, 6.45) is 0. The molecule has 0 aliphatic carbocycles. The molecule has 9 heavy (non-hydrogen) atoms. The summed E-state index contributed by atoms with van der Waals surface area (Å²) in [5.41, 5.74) is 9.91. The maximum absolute atomic E-state index is 10.1. The lowest BCUT2D eigenvalue weighted by Gasteiger charge is -2.02. The Kier molecular flexibility index (Phi) is 7.41. The minimum absolute atomic E-state index is 0. The Labute approximate surface area is 59.9 Å². The molecular formula is C4H11ClN2O2. The molecule has 0 aliphatic heterocycles. The van der Waals surface area contributed by atoms with Gasteiger partial charge < -0.3 is 16.2 Å². The highest BCUT2D eigenvalue weighted by Crippen LogP contribution is 1.74. The highest BCUT2D eigenvalue weighted by molar-refractivity contribution is 5.85. The van der Waals surface area contributed by atoms with Crippen LogP contribution in [0, 0.1) is 0 Å². The van der Waals surface area contributed by atoms with Gasteiger partial charge in [-0.25, -0.2) is 0 Å². The lowest BCUT2D eigenvalue weighted by Crippen LogP contribution is -2.39. The molecule has 5 heteroatoms. The maximum atomic E-state index is 10.1. The molecular weight excluding hydrogens is 144 g/mol. The van der Waals surface area contributed by atoms with Crippen molar-refractivity contribution < 1.29 is 9.53 Å². The summed E-state index contributed by atoms with van der Waals surface area (Å²) in [4.78, 5) is 10.1.